The van der Waals surface area contributed by atoms with Crippen molar-refractivity contribution < 1.29 is 9.53 Å². The summed E-state index contributed by atoms with van der Waals surface area (Å²) in [5.74, 6) is -0.00116. The summed E-state index contributed by atoms with van der Waals surface area (Å²) in [7, 11) is 0. The highest BCUT2D eigenvalue weighted by Gasteiger charge is 2.27. The molecular weight excluding hydrogens is 230 g/mol. The average Bonchev–Trinajstić information content (AvgIpc) is 2.38. The van der Waals surface area contributed by atoms with Gasteiger partial charge in [0.25, 0.3) is 5.91 Å². The Morgan fingerprint density at radius 3 is 3.00 bits per heavy atom. The van der Waals surface area contributed by atoms with Crippen molar-refractivity contribution in [2.45, 2.75) is 19.9 Å². The van der Waals surface area contributed by atoms with Gasteiger partial charge in [0, 0.05) is 18.8 Å². The highest BCUT2D eigenvalue weighted by atomic mass is 16.5. The molecule has 1 aliphatic heterocycles. The zero-order valence-corrected chi connectivity index (χ0v) is 10.8. The van der Waals surface area contributed by atoms with E-state index in [0.29, 0.717) is 31.9 Å². The van der Waals surface area contributed by atoms with Gasteiger partial charge in [0.05, 0.1) is 30.5 Å². The van der Waals surface area contributed by atoms with Crippen LogP contribution in [0.5, 0.6) is 0 Å². The van der Waals surface area contributed by atoms with Crippen molar-refractivity contribution >= 4 is 5.91 Å². The maximum Gasteiger partial charge on any atom is 0.256 e. The molecule has 0 bridgehead atoms. The van der Waals surface area contributed by atoms with Crippen LogP contribution in [0.2, 0.25) is 0 Å². The van der Waals surface area contributed by atoms with E-state index in [-0.39, 0.29) is 11.9 Å². The first kappa shape index (κ1) is 13.0. The van der Waals surface area contributed by atoms with Crippen molar-refractivity contribution in [1.29, 1.82) is 0 Å². The first-order chi connectivity index (χ1) is 8.63. The Hall–Kier alpha value is -1.46. The minimum atomic E-state index is -0.0352. The SMILES string of the molecule is Cc1ccc(C(=O)N2CCOCC2CN)c(C)n1. The number of carbonyl (C=O) groups excluding carboxylic acids is 1. The molecule has 2 N–H and O–H groups in total. The molecule has 0 spiro atoms. The Bertz CT molecular complexity index is 448. The third-order valence-corrected chi connectivity index (χ3v) is 3.22. The Morgan fingerprint density at radius 2 is 2.33 bits per heavy atom. The molecule has 5 heteroatoms. The molecule has 1 aromatic heterocycles. The number of amides is 1. The normalized spacial score (nSPS) is 19.9. The van der Waals surface area contributed by atoms with Gasteiger partial charge in [-0.3, -0.25) is 9.78 Å². The van der Waals surface area contributed by atoms with Crippen LogP contribution in [0, 0.1) is 13.8 Å². The van der Waals surface area contributed by atoms with Gasteiger partial charge in [-0.15, -0.1) is 0 Å². The second kappa shape index (κ2) is 5.46. The molecule has 1 aromatic rings. The third-order valence-electron chi connectivity index (χ3n) is 3.22. The predicted octanol–water partition coefficient (Wildman–Crippen LogP) is 0.498. The largest absolute Gasteiger partial charge is 0.377 e. The van der Waals surface area contributed by atoms with Crippen LogP contribution in [-0.4, -0.2) is 48.1 Å². The predicted molar refractivity (Wildman–Crippen MR) is 68.4 cm³/mol. The lowest BCUT2D eigenvalue weighted by atomic mass is 10.1. The highest BCUT2D eigenvalue weighted by molar-refractivity contribution is 5.95. The van der Waals surface area contributed by atoms with E-state index >= 15 is 0 Å². The number of pyridine rings is 1. The number of nitrogens with zero attached hydrogens (tertiary/aromatic N) is 2. The van der Waals surface area contributed by atoms with Gasteiger partial charge >= 0.3 is 0 Å². The molecular formula is C13H19N3O2. The fourth-order valence-electron chi connectivity index (χ4n) is 2.18. The fourth-order valence-corrected chi connectivity index (χ4v) is 2.18. The maximum atomic E-state index is 12.5. The first-order valence-electron chi connectivity index (χ1n) is 6.16. The van der Waals surface area contributed by atoms with Crippen LogP contribution in [0.1, 0.15) is 21.7 Å². The molecule has 1 unspecified atom stereocenters. The molecule has 1 saturated heterocycles. The van der Waals surface area contributed by atoms with E-state index in [1.54, 1.807) is 4.90 Å². The lowest BCUT2D eigenvalue weighted by molar-refractivity contribution is 0.000771. The van der Waals surface area contributed by atoms with E-state index < -0.39 is 0 Å². The van der Waals surface area contributed by atoms with E-state index in [0.717, 1.165) is 11.4 Å². The molecule has 2 rings (SSSR count). The monoisotopic (exact) mass is 249 g/mol. The van der Waals surface area contributed by atoms with Crippen molar-refractivity contribution in [3.05, 3.63) is 29.1 Å². The second-order valence-corrected chi connectivity index (χ2v) is 4.55. The third kappa shape index (κ3) is 2.52. The fraction of sp³-hybridized carbons (Fsp3) is 0.538. The number of rotatable bonds is 2. The molecule has 1 fully saturated rings. The second-order valence-electron chi connectivity index (χ2n) is 4.55. The summed E-state index contributed by atoms with van der Waals surface area (Å²) in [6.45, 7) is 5.87. The maximum absolute atomic E-state index is 12.5. The molecule has 1 atom stereocenters. The average molecular weight is 249 g/mol. The van der Waals surface area contributed by atoms with Gasteiger partial charge in [-0.2, -0.15) is 0 Å². The quantitative estimate of drug-likeness (QED) is 0.828. The van der Waals surface area contributed by atoms with Crippen LogP contribution in [-0.2, 0) is 4.74 Å². The van der Waals surface area contributed by atoms with E-state index in [1.807, 2.05) is 26.0 Å². The summed E-state index contributed by atoms with van der Waals surface area (Å²) < 4.78 is 5.35. The van der Waals surface area contributed by atoms with Gasteiger partial charge in [0.15, 0.2) is 0 Å². The van der Waals surface area contributed by atoms with Gasteiger partial charge in [-0.25, -0.2) is 0 Å². The van der Waals surface area contributed by atoms with Gasteiger partial charge in [-0.1, -0.05) is 0 Å². The van der Waals surface area contributed by atoms with Gasteiger partial charge in [0.2, 0.25) is 0 Å². The van der Waals surface area contributed by atoms with Crippen molar-refractivity contribution in [3.63, 3.8) is 0 Å². The molecule has 1 aliphatic rings. The molecule has 98 valence electrons. The number of aromatic nitrogens is 1. The summed E-state index contributed by atoms with van der Waals surface area (Å²) >= 11 is 0. The highest BCUT2D eigenvalue weighted by Crippen LogP contribution is 2.14. The molecule has 0 radical (unpaired) electrons. The first-order valence-corrected chi connectivity index (χ1v) is 6.16. The van der Waals surface area contributed by atoms with Gasteiger partial charge in [0.1, 0.15) is 0 Å². The van der Waals surface area contributed by atoms with E-state index in [2.05, 4.69) is 4.98 Å². The van der Waals surface area contributed by atoms with Gasteiger partial charge in [-0.05, 0) is 26.0 Å². The van der Waals surface area contributed by atoms with Crippen LogP contribution < -0.4 is 5.73 Å². The minimum absolute atomic E-state index is 0.00116. The molecule has 0 aromatic carbocycles. The number of hydrogen-bond acceptors (Lipinski definition) is 4. The molecule has 18 heavy (non-hydrogen) atoms. The Labute approximate surface area is 107 Å². The van der Waals surface area contributed by atoms with Crippen LogP contribution in [0.4, 0.5) is 0 Å². The standard InChI is InChI=1S/C13H19N3O2/c1-9-3-4-12(10(2)15-9)13(17)16-5-6-18-8-11(16)7-14/h3-4,11H,5-8,14H2,1-2H3. The summed E-state index contributed by atoms with van der Waals surface area (Å²) in [4.78, 5) is 18.6. The van der Waals surface area contributed by atoms with E-state index in [1.165, 1.54) is 0 Å². The van der Waals surface area contributed by atoms with Crippen molar-refractivity contribution in [3.8, 4) is 0 Å². The van der Waals surface area contributed by atoms with E-state index in [4.69, 9.17) is 10.5 Å². The van der Waals surface area contributed by atoms with Crippen LogP contribution >= 0.6 is 0 Å². The number of aryl methyl sites for hydroxylation is 2. The smallest absolute Gasteiger partial charge is 0.256 e. The van der Waals surface area contributed by atoms with Gasteiger partial charge < -0.3 is 15.4 Å². The number of nitrogens with two attached hydrogens (primary N) is 1. The Kier molecular flexibility index (Phi) is 3.93. The summed E-state index contributed by atoms with van der Waals surface area (Å²) in [6.07, 6.45) is 0. The zero-order chi connectivity index (χ0) is 13.1. The topological polar surface area (TPSA) is 68.5 Å². The summed E-state index contributed by atoms with van der Waals surface area (Å²) in [5.41, 5.74) is 8.02. The van der Waals surface area contributed by atoms with Crippen molar-refractivity contribution in [2.24, 2.45) is 5.73 Å². The number of morpholine rings is 1. The Balaban J connectivity index is 2.24. The van der Waals surface area contributed by atoms with Crippen molar-refractivity contribution in [1.82, 2.24) is 9.88 Å². The van der Waals surface area contributed by atoms with Crippen LogP contribution in [0.3, 0.4) is 0 Å². The molecule has 0 saturated carbocycles. The lowest BCUT2D eigenvalue weighted by Crippen LogP contribution is -2.52. The summed E-state index contributed by atoms with van der Waals surface area (Å²) in [6, 6.07) is 3.66. The zero-order valence-electron chi connectivity index (χ0n) is 10.8. The minimum Gasteiger partial charge on any atom is -0.377 e. The number of hydrogen-bond donors (Lipinski definition) is 1. The Morgan fingerprint density at radius 1 is 1.56 bits per heavy atom. The molecule has 5 nitrogen and oxygen atoms in total. The van der Waals surface area contributed by atoms with Crippen LogP contribution in [0.25, 0.3) is 0 Å². The number of ether oxygens (including phenoxy) is 1. The summed E-state index contributed by atoms with van der Waals surface area (Å²) in [5, 5.41) is 0. The number of carbonyl (C=O) groups is 1. The molecule has 0 aliphatic carbocycles. The van der Waals surface area contributed by atoms with Crippen LogP contribution in [0.15, 0.2) is 12.1 Å². The lowest BCUT2D eigenvalue weighted by Gasteiger charge is -2.35. The van der Waals surface area contributed by atoms with E-state index in [9.17, 15) is 4.79 Å². The van der Waals surface area contributed by atoms with Crippen molar-refractivity contribution in [2.75, 3.05) is 26.3 Å². The molecule has 2 heterocycles. The molecule has 1 amide bonds.